The fraction of sp³-hybridized carbons (Fsp3) is 1.00. The van der Waals surface area contributed by atoms with E-state index in [0.29, 0.717) is 6.61 Å². The van der Waals surface area contributed by atoms with Gasteiger partial charge in [-0.15, -0.1) is 0 Å². The molecule has 0 aliphatic rings. The predicted molar refractivity (Wildman–Crippen MR) is 36.2 cm³/mol. The molecular formula is C7H15FO. The Morgan fingerprint density at radius 3 is 2.22 bits per heavy atom. The molecule has 0 aliphatic carbocycles. The first-order chi connectivity index (χ1) is 4.06. The largest absolute Gasteiger partial charge is 0.378 e. The van der Waals surface area contributed by atoms with Crippen molar-refractivity contribution in [3.63, 3.8) is 0 Å². The fourth-order valence-corrected chi connectivity index (χ4v) is 0.433. The number of halogens is 1. The van der Waals surface area contributed by atoms with Gasteiger partial charge in [0.05, 0.1) is 13.2 Å². The van der Waals surface area contributed by atoms with Crippen LogP contribution in [0.3, 0.4) is 0 Å². The highest BCUT2D eigenvalue weighted by atomic mass is 19.1. The van der Waals surface area contributed by atoms with E-state index in [1.54, 1.807) is 0 Å². The van der Waals surface area contributed by atoms with Gasteiger partial charge in [0, 0.05) is 0 Å². The summed E-state index contributed by atoms with van der Waals surface area (Å²) in [6.45, 7) is 6.67. The summed E-state index contributed by atoms with van der Waals surface area (Å²) in [5.74, 6) is 0. The van der Waals surface area contributed by atoms with Gasteiger partial charge in [0.2, 0.25) is 0 Å². The fourth-order valence-electron chi connectivity index (χ4n) is 0.433. The minimum absolute atomic E-state index is 0.162. The highest BCUT2D eigenvalue weighted by Gasteiger charge is 2.08. The number of alkyl halides is 1. The highest BCUT2D eigenvalue weighted by Crippen LogP contribution is 2.12. The summed E-state index contributed by atoms with van der Waals surface area (Å²) in [4.78, 5) is 0. The van der Waals surface area contributed by atoms with Crippen molar-refractivity contribution >= 4 is 0 Å². The van der Waals surface area contributed by atoms with E-state index in [1.165, 1.54) is 0 Å². The van der Waals surface area contributed by atoms with Gasteiger partial charge in [0.15, 0.2) is 0 Å². The maximum absolute atomic E-state index is 11.4. The van der Waals surface area contributed by atoms with Crippen molar-refractivity contribution in [1.82, 2.24) is 0 Å². The zero-order valence-electron chi connectivity index (χ0n) is 6.41. The van der Waals surface area contributed by atoms with Crippen LogP contribution in [0, 0.1) is 5.41 Å². The van der Waals surface area contributed by atoms with Gasteiger partial charge in [0.25, 0.3) is 0 Å². The Hall–Kier alpha value is -0.110. The molecule has 0 fully saturated rings. The maximum atomic E-state index is 11.4. The van der Waals surface area contributed by atoms with E-state index in [1.807, 2.05) is 0 Å². The Labute approximate surface area is 56.2 Å². The molecule has 2 heteroatoms. The van der Waals surface area contributed by atoms with Crippen molar-refractivity contribution in [3.8, 4) is 0 Å². The zero-order valence-corrected chi connectivity index (χ0v) is 6.41. The van der Waals surface area contributed by atoms with Gasteiger partial charge >= 0.3 is 0 Å². The molecule has 0 rings (SSSR count). The van der Waals surface area contributed by atoms with E-state index in [0.717, 1.165) is 0 Å². The summed E-state index contributed by atoms with van der Waals surface area (Å²) in [6.07, 6.45) is 0. The molecule has 0 amide bonds. The van der Waals surface area contributed by atoms with Crippen LogP contribution >= 0.6 is 0 Å². The maximum Gasteiger partial charge on any atom is 0.113 e. The van der Waals surface area contributed by atoms with E-state index in [-0.39, 0.29) is 18.7 Å². The molecule has 0 N–H and O–H groups in total. The lowest BCUT2D eigenvalue weighted by molar-refractivity contribution is 0.0624. The molecule has 56 valence electrons. The number of rotatable bonds is 3. The third-order valence-corrected chi connectivity index (χ3v) is 0.757. The summed E-state index contributed by atoms with van der Waals surface area (Å²) in [6, 6.07) is 0. The van der Waals surface area contributed by atoms with Crippen molar-refractivity contribution in [2.24, 2.45) is 5.41 Å². The molecule has 0 aromatic carbocycles. The molecule has 0 unspecified atom stereocenters. The number of hydrogen-bond donors (Lipinski definition) is 0. The predicted octanol–water partition coefficient (Wildman–Crippen LogP) is 2.02. The Bertz CT molecular complexity index is 65.8. The molecule has 0 aromatic rings. The first-order valence-corrected chi connectivity index (χ1v) is 3.20. The molecule has 0 saturated heterocycles. The average Bonchev–Trinajstić information content (AvgIpc) is 1.63. The first-order valence-electron chi connectivity index (χ1n) is 3.20. The van der Waals surface area contributed by atoms with Crippen LogP contribution in [-0.4, -0.2) is 19.9 Å². The van der Waals surface area contributed by atoms with Crippen LogP contribution in [0.4, 0.5) is 4.39 Å². The molecule has 0 aromatic heterocycles. The molecule has 0 bridgehead atoms. The van der Waals surface area contributed by atoms with Gasteiger partial charge in [-0.25, -0.2) is 4.39 Å². The Morgan fingerprint density at radius 1 is 1.33 bits per heavy atom. The van der Waals surface area contributed by atoms with Crippen molar-refractivity contribution in [3.05, 3.63) is 0 Å². The molecule has 0 saturated carbocycles. The SMILES string of the molecule is CC(C)(C)COCCF. The minimum Gasteiger partial charge on any atom is -0.378 e. The molecule has 0 atom stereocenters. The van der Waals surface area contributed by atoms with Gasteiger partial charge < -0.3 is 4.74 Å². The van der Waals surface area contributed by atoms with E-state index in [9.17, 15) is 4.39 Å². The van der Waals surface area contributed by atoms with Gasteiger partial charge in [0.1, 0.15) is 6.67 Å². The van der Waals surface area contributed by atoms with E-state index < -0.39 is 0 Å². The van der Waals surface area contributed by atoms with Crippen LogP contribution in [0.1, 0.15) is 20.8 Å². The Morgan fingerprint density at radius 2 is 1.89 bits per heavy atom. The molecule has 0 heterocycles. The van der Waals surface area contributed by atoms with Crippen LogP contribution in [-0.2, 0) is 4.74 Å². The van der Waals surface area contributed by atoms with E-state index in [2.05, 4.69) is 20.8 Å². The van der Waals surface area contributed by atoms with Crippen LogP contribution in [0.2, 0.25) is 0 Å². The lowest BCUT2D eigenvalue weighted by atomic mass is 9.99. The molecule has 1 nitrogen and oxygen atoms in total. The zero-order chi connectivity index (χ0) is 7.33. The summed E-state index contributed by atoms with van der Waals surface area (Å²) >= 11 is 0. The number of ether oxygens (including phenoxy) is 1. The highest BCUT2D eigenvalue weighted by molar-refractivity contribution is 4.58. The first kappa shape index (κ1) is 8.89. The lowest BCUT2D eigenvalue weighted by Crippen LogP contribution is -2.15. The van der Waals surface area contributed by atoms with Crippen molar-refractivity contribution in [2.75, 3.05) is 19.9 Å². The minimum atomic E-state index is -0.379. The van der Waals surface area contributed by atoms with Gasteiger partial charge in [-0.1, -0.05) is 20.8 Å². The monoisotopic (exact) mass is 134 g/mol. The second-order valence-corrected chi connectivity index (χ2v) is 3.30. The molecule has 0 spiro atoms. The third-order valence-electron chi connectivity index (χ3n) is 0.757. The van der Waals surface area contributed by atoms with E-state index >= 15 is 0 Å². The van der Waals surface area contributed by atoms with E-state index in [4.69, 9.17) is 4.74 Å². The van der Waals surface area contributed by atoms with Crippen molar-refractivity contribution in [1.29, 1.82) is 0 Å². The number of hydrogen-bond acceptors (Lipinski definition) is 1. The smallest absolute Gasteiger partial charge is 0.113 e. The molecule has 0 aliphatic heterocycles. The molecular weight excluding hydrogens is 119 g/mol. The normalized spacial score (nSPS) is 12.0. The third kappa shape index (κ3) is 7.89. The second kappa shape index (κ2) is 3.83. The van der Waals surface area contributed by atoms with Gasteiger partial charge in [-0.3, -0.25) is 0 Å². The van der Waals surface area contributed by atoms with Gasteiger partial charge in [-0.05, 0) is 5.41 Å². The quantitative estimate of drug-likeness (QED) is 0.536. The summed E-state index contributed by atoms with van der Waals surface area (Å²) < 4.78 is 16.4. The Kier molecular flexibility index (Phi) is 3.78. The standard InChI is InChI=1S/C7H15FO/c1-7(2,3)6-9-5-4-8/h4-6H2,1-3H3. The molecule has 0 radical (unpaired) electrons. The van der Waals surface area contributed by atoms with Crippen LogP contribution < -0.4 is 0 Å². The Balaban J connectivity index is 3.07. The average molecular weight is 134 g/mol. The van der Waals surface area contributed by atoms with Crippen molar-refractivity contribution < 1.29 is 9.13 Å². The van der Waals surface area contributed by atoms with Crippen molar-refractivity contribution in [2.45, 2.75) is 20.8 Å². The lowest BCUT2D eigenvalue weighted by Gasteiger charge is -2.16. The topological polar surface area (TPSA) is 9.23 Å². The van der Waals surface area contributed by atoms with Crippen LogP contribution in [0.5, 0.6) is 0 Å². The summed E-state index contributed by atoms with van der Waals surface area (Å²) in [5, 5.41) is 0. The summed E-state index contributed by atoms with van der Waals surface area (Å²) in [5.41, 5.74) is 0.162. The van der Waals surface area contributed by atoms with Crippen LogP contribution in [0.25, 0.3) is 0 Å². The molecule has 9 heavy (non-hydrogen) atoms. The summed E-state index contributed by atoms with van der Waals surface area (Å²) in [7, 11) is 0. The second-order valence-electron chi connectivity index (χ2n) is 3.30. The van der Waals surface area contributed by atoms with Crippen LogP contribution in [0.15, 0.2) is 0 Å². The van der Waals surface area contributed by atoms with Gasteiger partial charge in [-0.2, -0.15) is 0 Å².